The quantitative estimate of drug-likeness (QED) is 0.860. The van der Waals surface area contributed by atoms with Crippen LogP contribution in [0.3, 0.4) is 0 Å². The average Bonchev–Trinajstić information content (AvgIpc) is 2.84. The van der Waals surface area contributed by atoms with E-state index in [1.807, 2.05) is 6.92 Å². The molecule has 4 nitrogen and oxygen atoms in total. The molecule has 0 spiro atoms. The zero-order valence-electron chi connectivity index (χ0n) is 11.3. The van der Waals surface area contributed by atoms with Gasteiger partial charge in [-0.3, -0.25) is 0 Å². The van der Waals surface area contributed by atoms with Crippen molar-refractivity contribution >= 4 is 5.69 Å². The Balaban J connectivity index is 2.14. The van der Waals surface area contributed by atoms with Crippen molar-refractivity contribution in [2.45, 2.75) is 32.6 Å². The molecule has 0 unspecified atom stereocenters. The molecule has 0 aliphatic carbocycles. The molecule has 8 heteroatoms. The summed E-state index contributed by atoms with van der Waals surface area (Å²) in [5.74, 6) is -0.210. The monoisotopic (exact) mass is 302 g/mol. The van der Waals surface area contributed by atoms with E-state index < -0.39 is 17.6 Å². The lowest BCUT2D eigenvalue weighted by molar-refractivity contribution is -0.137. The highest BCUT2D eigenvalue weighted by molar-refractivity contribution is 5.48. The molecule has 1 heterocycles. The number of aromatic nitrogens is 3. The van der Waals surface area contributed by atoms with Crippen LogP contribution >= 0.6 is 0 Å². The molecule has 0 bridgehead atoms. The number of hydrogen-bond donors (Lipinski definition) is 1. The van der Waals surface area contributed by atoms with Gasteiger partial charge in [0.25, 0.3) is 0 Å². The Labute approximate surface area is 118 Å². The summed E-state index contributed by atoms with van der Waals surface area (Å²) >= 11 is 0. The van der Waals surface area contributed by atoms with Crippen LogP contribution in [0.15, 0.2) is 24.5 Å². The van der Waals surface area contributed by atoms with Crippen LogP contribution in [-0.4, -0.2) is 14.8 Å². The van der Waals surface area contributed by atoms with E-state index in [0.717, 1.165) is 18.6 Å². The Morgan fingerprint density at radius 3 is 2.71 bits per heavy atom. The molecule has 1 aromatic heterocycles. The number of anilines is 1. The van der Waals surface area contributed by atoms with Crippen LogP contribution in [0, 0.1) is 5.82 Å². The summed E-state index contributed by atoms with van der Waals surface area (Å²) in [4.78, 5) is 4.00. The van der Waals surface area contributed by atoms with Gasteiger partial charge >= 0.3 is 6.18 Å². The lowest BCUT2D eigenvalue weighted by atomic mass is 10.2. The first kappa shape index (κ1) is 15.3. The van der Waals surface area contributed by atoms with Gasteiger partial charge in [0, 0.05) is 6.54 Å². The zero-order chi connectivity index (χ0) is 15.5. The molecule has 0 saturated carbocycles. The fourth-order valence-corrected chi connectivity index (χ4v) is 1.83. The minimum Gasteiger partial charge on any atom is -0.375 e. The number of nitrogens with zero attached hydrogens (tertiary/aromatic N) is 3. The SMILES string of the molecule is CCCn1ncnc1CNc1cc(C(F)(F)F)ccc1F. The molecule has 21 heavy (non-hydrogen) atoms. The molecule has 0 fully saturated rings. The van der Waals surface area contributed by atoms with Gasteiger partial charge in [0.1, 0.15) is 18.0 Å². The summed E-state index contributed by atoms with van der Waals surface area (Å²) in [5, 5.41) is 6.62. The molecule has 114 valence electrons. The highest BCUT2D eigenvalue weighted by atomic mass is 19.4. The molecule has 2 aromatic rings. The summed E-state index contributed by atoms with van der Waals surface area (Å²) in [7, 11) is 0. The van der Waals surface area contributed by atoms with Crippen LogP contribution in [0.5, 0.6) is 0 Å². The van der Waals surface area contributed by atoms with E-state index >= 15 is 0 Å². The predicted octanol–water partition coefficient (Wildman–Crippen LogP) is 3.46. The summed E-state index contributed by atoms with van der Waals surface area (Å²) < 4.78 is 53.0. The fourth-order valence-electron chi connectivity index (χ4n) is 1.83. The second-order valence-electron chi connectivity index (χ2n) is 4.45. The van der Waals surface area contributed by atoms with E-state index in [0.29, 0.717) is 18.4 Å². The second-order valence-corrected chi connectivity index (χ2v) is 4.45. The molecule has 0 atom stereocenters. The molecular formula is C13H14F4N4. The minimum atomic E-state index is -4.51. The maximum atomic E-state index is 13.6. The van der Waals surface area contributed by atoms with Crippen molar-refractivity contribution in [3.8, 4) is 0 Å². The third kappa shape index (κ3) is 3.71. The maximum Gasteiger partial charge on any atom is 0.416 e. The molecule has 0 amide bonds. The summed E-state index contributed by atoms with van der Waals surface area (Å²) in [6, 6.07) is 2.25. The number of halogens is 4. The third-order valence-electron chi connectivity index (χ3n) is 2.86. The number of alkyl halides is 3. The van der Waals surface area contributed by atoms with E-state index in [-0.39, 0.29) is 12.2 Å². The van der Waals surface area contributed by atoms with Crippen molar-refractivity contribution < 1.29 is 17.6 Å². The van der Waals surface area contributed by atoms with Gasteiger partial charge in [-0.25, -0.2) is 14.1 Å². The van der Waals surface area contributed by atoms with Crippen molar-refractivity contribution in [1.29, 1.82) is 0 Å². The van der Waals surface area contributed by atoms with Gasteiger partial charge in [-0.05, 0) is 24.6 Å². The molecule has 1 N–H and O–H groups in total. The fraction of sp³-hybridized carbons (Fsp3) is 0.385. The Bertz CT molecular complexity index is 606. The largest absolute Gasteiger partial charge is 0.416 e. The van der Waals surface area contributed by atoms with Crippen molar-refractivity contribution in [3.63, 3.8) is 0 Å². The van der Waals surface area contributed by atoms with Crippen LogP contribution in [0.25, 0.3) is 0 Å². The Morgan fingerprint density at radius 1 is 1.29 bits per heavy atom. The number of hydrogen-bond acceptors (Lipinski definition) is 3. The van der Waals surface area contributed by atoms with Crippen LogP contribution in [0.2, 0.25) is 0 Å². The normalized spacial score (nSPS) is 11.7. The van der Waals surface area contributed by atoms with Gasteiger partial charge in [-0.1, -0.05) is 6.92 Å². The standard InChI is InChI=1S/C13H14F4N4/c1-2-5-21-12(19-8-20-21)7-18-11-6-9(13(15,16)17)3-4-10(11)14/h3-4,6,8,18H,2,5,7H2,1H3. The maximum absolute atomic E-state index is 13.6. The Hall–Kier alpha value is -2.12. The first-order valence-corrected chi connectivity index (χ1v) is 6.39. The molecule has 0 aliphatic heterocycles. The van der Waals surface area contributed by atoms with E-state index in [4.69, 9.17) is 0 Å². The molecule has 0 aliphatic rings. The first-order chi connectivity index (χ1) is 9.91. The molecule has 0 radical (unpaired) electrons. The molecular weight excluding hydrogens is 288 g/mol. The van der Waals surface area contributed by atoms with Crippen LogP contribution in [0.1, 0.15) is 24.7 Å². The van der Waals surface area contributed by atoms with Crippen molar-refractivity contribution in [2.24, 2.45) is 0 Å². The van der Waals surface area contributed by atoms with E-state index in [2.05, 4.69) is 15.4 Å². The third-order valence-corrected chi connectivity index (χ3v) is 2.86. The smallest absolute Gasteiger partial charge is 0.375 e. The second kappa shape index (κ2) is 6.11. The predicted molar refractivity (Wildman–Crippen MR) is 69.0 cm³/mol. The van der Waals surface area contributed by atoms with E-state index in [1.54, 1.807) is 4.68 Å². The average molecular weight is 302 g/mol. The Morgan fingerprint density at radius 2 is 2.05 bits per heavy atom. The zero-order valence-corrected chi connectivity index (χ0v) is 11.3. The summed E-state index contributed by atoms with van der Waals surface area (Å²) in [6.07, 6.45) is -2.31. The van der Waals surface area contributed by atoms with Gasteiger partial charge in [0.2, 0.25) is 0 Å². The van der Waals surface area contributed by atoms with Crippen molar-refractivity contribution in [1.82, 2.24) is 14.8 Å². The lowest BCUT2D eigenvalue weighted by Gasteiger charge is -2.12. The Kier molecular flexibility index (Phi) is 4.44. The molecule has 0 saturated heterocycles. The number of aryl methyl sites for hydroxylation is 1. The molecule has 2 rings (SSSR count). The van der Waals surface area contributed by atoms with Gasteiger partial charge in [0.15, 0.2) is 0 Å². The number of benzene rings is 1. The van der Waals surface area contributed by atoms with Gasteiger partial charge in [-0.2, -0.15) is 18.3 Å². The first-order valence-electron chi connectivity index (χ1n) is 6.39. The van der Waals surface area contributed by atoms with Gasteiger partial charge in [0.05, 0.1) is 17.8 Å². The van der Waals surface area contributed by atoms with Crippen molar-refractivity contribution in [2.75, 3.05) is 5.32 Å². The lowest BCUT2D eigenvalue weighted by Crippen LogP contribution is -2.12. The van der Waals surface area contributed by atoms with E-state index in [9.17, 15) is 17.6 Å². The molecule has 1 aromatic carbocycles. The van der Waals surface area contributed by atoms with Crippen molar-refractivity contribution in [3.05, 3.63) is 41.7 Å². The topological polar surface area (TPSA) is 42.7 Å². The van der Waals surface area contributed by atoms with Crippen LogP contribution in [-0.2, 0) is 19.3 Å². The number of nitrogens with one attached hydrogen (secondary N) is 1. The number of rotatable bonds is 5. The summed E-state index contributed by atoms with van der Waals surface area (Å²) in [6.45, 7) is 2.70. The highest BCUT2D eigenvalue weighted by Crippen LogP contribution is 2.31. The van der Waals surface area contributed by atoms with Gasteiger partial charge < -0.3 is 5.32 Å². The van der Waals surface area contributed by atoms with Crippen LogP contribution < -0.4 is 5.32 Å². The van der Waals surface area contributed by atoms with Gasteiger partial charge in [-0.15, -0.1) is 0 Å². The highest BCUT2D eigenvalue weighted by Gasteiger charge is 2.31. The van der Waals surface area contributed by atoms with Crippen LogP contribution in [0.4, 0.5) is 23.2 Å². The minimum absolute atomic E-state index is 0.0955. The van der Waals surface area contributed by atoms with E-state index in [1.165, 1.54) is 6.33 Å². The summed E-state index contributed by atoms with van der Waals surface area (Å²) in [5.41, 5.74) is -1.11.